The first-order valence-electron chi connectivity index (χ1n) is 8.12. The third-order valence-corrected chi connectivity index (χ3v) is 6.48. The van der Waals surface area contributed by atoms with Crippen molar-refractivity contribution >= 4 is 38.9 Å². The van der Waals surface area contributed by atoms with Crippen molar-refractivity contribution in [1.82, 2.24) is 4.41 Å². The van der Waals surface area contributed by atoms with Crippen LogP contribution in [-0.2, 0) is 10.0 Å². The van der Waals surface area contributed by atoms with E-state index < -0.39 is 16.1 Å². The van der Waals surface area contributed by atoms with Crippen LogP contribution in [0.2, 0.25) is 10.0 Å². The topological polar surface area (TPSA) is 62.9 Å². The molecule has 0 spiro atoms. The molecule has 0 fully saturated rings. The smallest absolute Gasteiger partial charge is 0.279 e. The summed E-state index contributed by atoms with van der Waals surface area (Å²) in [6.45, 7) is 0. The van der Waals surface area contributed by atoms with E-state index in [9.17, 15) is 8.42 Å². The summed E-state index contributed by atoms with van der Waals surface area (Å²) in [5, 5.41) is 5.49. The van der Waals surface area contributed by atoms with Crippen LogP contribution in [0.1, 0.15) is 23.8 Å². The van der Waals surface area contributed by atoms with Gasteiger partial charge >= 0.3 is 0 Å². The molecule has 8 heteroatoms. The van der Waals surface area contributed by atoms with Gasteiger partial charge < -0.3 is 4.42 Å². The molecule has 27 heavy (non-hydrogen) atoms. The van der Waals surface area contributed by atoms with Gasteiger partial charge in [-0.1, -0.05) is 35.3 Å². The lowest BCUT2D eigenvalue weighted by atomic mass is 10.0. The van der Waals surface area contributed by atoms with Gasteiger partial charge in [0.25, 0.3) is 10.0 Å². The second-order valence-electron chi connectivity index (χ2n) is 6.02. The van der Waals surface area contributed by atoms with Gasteiger partial charge in [-0.15, -0.1) is 0 Å². The van der Waals surface area contributed by atoms with Gasteiger partial charge in [0, 0.05) is 16.5 Å². The van der Waals surface area contributed by atoms with E-state index in [0.29, 0.717) is 27.9 Å². The van der Waals surface area contributed by atoms with Gasteiger partial charge in [0.1, 0.15) is 11.8 Å². The second kappa shape index (κ2) is 7.03. The zero-order chi connectivity index (χ0) is 19.0. The highest BCUT2D eigenvalue weighted by atomic mass is 35.5. The van der Waals surface area contributed by atoms with Crippen molar-refractivity contribution < 1.29 is 12.8 Å². The molecular weight excluding hydrogens is 407 g/mol. The molecular formula is C19H14Cl2N2O3S. The van der Waals surface area contributed by atoms with Gasteiger partial charge in [-0.25, -0.2) is 0 Å². The Balaban J connectivity index is 1.78. The fourth-order valence-corrected chi connectivity index (χ4v) is 4.60. The number of sulfonamides is 1. The minimum absolute atomic E-state index is 0.115. The van der Waals surface area contributed by atoms with Crippen molar-refractivity contribution in [3.05, 3.63) is 88.3 Å². The minimum Gasteiger partial charge on any atom is -0.467 e. The summed E-state index contributed by atoms with van der Waals surface area (Å²) in [5.41, 5.74) is 1.45. The number of nitrogens with zero attached hydrogens (tertiary/aromatic N) is 2. The molecule has 0 saturated carbocycles. The number of hydrogen-bond donors (Lipinski definition) is 0. The van der Waals surface area contributed by atoms with E-state index in [-0.39, 0.29) is 4.90 Å². The van der Waals surface area contributed by atoms with Gasteiger partial charge in [0.05, 0.1) is 16.9 Å². The van der Waals surface area contributed by atoms with Crippen molar-refractivity contribution in [1.29, 1.82) is 0 Å². The van der Waals surface area contributed by atoms with Crippen LogP contribution >= 0.6 is 23.2 Å². The number of halogens is 2. The molecule has 138 valence electrons. The first kappa shape index (κ1) is 18.1. The van der Waals surface area contributed by atoms with E-state index in [4.69, 9.17) is 27.6 Å². The molecule has 0 radical (unpaired) electrons. The quantitative estimate of drug-likeness (QED) is 0.587. The third kappa shape index (κ3) is 3.48. The van der Waals surface area contributed by atoms with Crippen LogP contribution in [-0.4, -0.2) is 18.5 Å². The SMILES string of the molecule is O=S(=O)(c1ccc(Cl)cc1)N1N=C(c2ccc(Cl)cc2)C[C@H]1c1ccco1. The average molecular weight is 421 g/mol. The average Bonchev–Trinajstić information content (AvgIpc) is 3.32. The Morgan fingerprint density at radius 3 is 2.19 bits per heavy atom. The molecule has 2 aromatic carbocycles. The highest BCUT2D eigenvalue weighted by molar-refractivity contribution is 7.89. The van der Waals surface area contributed by atoms with Crippen LogP contribution in [0.3, 0.4) is 0 Å². The maximum atomic E-state index is 13.2. The van der Waals surface area contributed by atoms with Crippen LogP contribution in [0, 0.1) is 0 Å². The molecule has 0 bridgehead atoms. The summed E-state index contributed by atoms with van der Waals surface area (Å²) in [6, 6.07) is 16.0. The van der Waals surface area contributed by atoms with E-state index in [2.05, 4.69) is 5.10 Å². The molecule has 5 nitrogen and oxygen atoms in total. The maximum absolute atomic E-state index is 13.2. The molecule has 4 rings (SSSR count). The highest BCUT2D eigenvalue weighted by Gasteiger charge is 2.39. The van der Waals surface area contributed by atoms with E-state index in [1.54, 1.807) is 24.3 Å². The Morgan fingerprint density at radius 2 is 1.59 bits per heavy atom. The van der Waals surface area contributed by atoms with E-state index >= 15 is 0 Å². The number of benzene rings is 2. The summed E-state index contributed by atoms with van der Waals surface area (Å²) >= 11 is 11.8. The summed E-state index contributed by atoms with van der Waals surface area (Å²) in [4.78, 5) is 0.115. The van der Waals surface area contributed by atoms with Gasteiger partial charge in [0.2, 0.25) is 0 Å². The Bertz CT molecular complexity index is 1080. The molecule has 1 atom stereocenters. The monoisotopic (exact) mass is 420 g/mol. The summed E-state index contributed by atoms with van der Waals surface area (Å²) in [5.74, 6) is 0.528. The summed E-state index contributed by atoms with van der Waals surface area (Å²) in [7, 11) is -3.88. The molecule has 0 aliphatic carbocycles. The molecule has 1 aliphatic heterocycles. The molecule has 0 saturated heterocycles. The number of hydrogen-bond acceptors (Lipinski definition) is 4. The maximum Gasteiger partial charge on any atom is 0.279 e. The molecule has 2 heterocycles. The first-order chi connectivity index (χ1) is 12.9. The third-order valence-electron chi connectivity index (χ3n) is 4.28. The van der Waals surface area contributed by atoms with Crippen molar-refractivity contribution in [2.75, 3.05) is 0 Å². The second-order valence-corrected chi connectivity index (χ2v) is 8.69. The number of furan rings is 1. The zero-order valence-corrected chi connectivity index (χ0v) is 16.2. The van der Waals surface area contributed by atoms with Crippen molar-refractivity contribution in [2.45, 2.75) is 17.4 Å². The van der Waals surface area contributed by atoms with Gasteiger partial charge in [-0.2, -0.15) is 17.9 Å². The van der Waals surface area contributed by atoms with Crippen molar-refractivity contribution in [3.63, 3.8) is 0 Å². The largest absolute Gasteiger partial charge is 0.467 e. The van der Waals surface area contributed by atoms with Crippen molar-refractivity contribution in [3.8, 4) is 0 Å². The number of hydrazone groups is 1. The van der Waals surface area contributed by atoms with Crippen LogP contribution < -0.4 is 0 Å². The molecule has 3 aromatic rings. The summed E-state index contributed by atoms with van der Waals surface area (Å²) < 4.78 is 33.0. The standard InChI is InChI=1S/C19H14Cl2N2O3S/c20-14-5-3-13(4-6-14)17-12-18(19-2-1-11-26-19)23(22-17)27(24,25)16-9-7-15(21)8-10-16/h1-11,18H,12H2/t18-/m0/s1. The Hall–Kier alpha value is -2.28. The Morgan fingerprint density at radius 1 is 0.963 bits per heavy atom. The zero-order valence-electron chi connectivity index (χ0n) is 13.9. The molecule has 0 N–H and O–H groups in total. The number of rotatable bonds is 4. The fraction of sp³-hybridized carbons (Fsp3) is 0.105. The minimum atomic E-state index is -3.88. The van der Waals surface area contributed by atoms with Gasteiger partial charge in [-0.3, -0.25) is 0 Å². The van der Waals surface area contributed by atoms with Crippen LogP contribution in [0.15, 0.2) is 81.3 Å². The predicted octanol–water partition coefficient (Wildman–Crippen LogP) is 5.13. The Kier molecular flexibility index (Phi) is 4.72. The van der Waals surface area contributed by atoms with Crippen molar-refractivity contribution in [2.24, 2.45) is 5.10 Å². The van der Waals surface area contributed by atoms with Crippen LogP contribution in [0.4, 0.5) is 0 Å². The molecule has 0 unspecified atom stereocenters. The lowest BCUT2D eigenvalue weighted by molar-refractivity contribution is 0.320. The lowest BCUT2D eigenvalue weighted by Crippen LogP contribution is -2.27. The predicted molar refractivity (Wildman–Crippen MR) is 105 cm³/mol. The fourth-order valence-electron chi connectivity index (χ4n) is 2.93. The normalized spacial score (nSPS) is 17.2. The van der Waals surface area contributed by atoms with Gasteiger partial charge in [0.15, 0.2) is 0 Å². The lowest BCUT2D eigenvalue weighted by Gasteiger charge is -2.21. The van der Waals surface area contributed by atoms with Crippen LogP contribution in [0.5, 0.6) is 0 Å². The molecule has 1 aliphatic rings. The van der Waals surface area contributed by atoms with E-state index in [0.717, 1.165) is 9.98 Å². The van der Waals surface area contributed by atoms with E-state index in [1.807, 2.05) is 12.1 Å². The summed E-state index contributed by atoms with van der Waals surface area (Å²) in [6.07, 6.45) is 1.91. The first-order valence-corrected chi connectivity index (χ1v) is 10.3. The van der Waals surface area contributed by atoms with E-state index in [1.165, 1.54) is 30.5 Å². The van der Waals surface area contributed by atoms with Gasteiger partial charge in [-0.05, 0) is 54.1 Å². The highest BCUT2D eigenvalue weighted by Crippen LogP contribution is 2.37. The Labute approximate surface area is 166 Å². The molecule has 0 amide bonds. The van der Waals surface area contributed by atoms with Crippen LogP contribution in [0.25, 0.3) is 0 Å². The molecule has 1 aromatic heterocycles.